The second kappa shape index (κ2) is 8.32. The van der Waals surface area contributed by atoms with Gasteiger partial charge in [0.2, 0.25) is 0 Å². The van der Waals surface area contributed by atoms with Gasteiger partial charge < -0.3 is 19.3 Å². The minimum atomic E-state index is -0.174. The summed E-state index contributed by atoms with van der Waals surface area (Å²) < 4.78 is 11.7. The Morgan fingerprint density at radius 3 is 2.50 bits per heavy atom. The molecule has 3 heterocycles. The van der Waals surface area contributed by atoms with Crippen molar-refractivity contribution >= 4 is 6.09 Å². The maximum absolute atomic E-state index is 12.1. The molecule has 3 aliphatic rings. The van der Waals surface area contributed by atoms with Gasteiger partial charge in [0.05, 0.1) is 6.10 Å². The van der Waals surface area contributed by atoms with Crippen LogP contribution in [0.3, 0.4) is 0 Å². The number of amides is 1. The number of carbonyl (C=O) groups excluding carboxylic acids is 1. The molecule has 1 aromatic rings. The molecule has 0 spiro atoms. The summed E-state index contributed by atoms with van der Waals surface area (Å²) in [6, 6.07) is 6.88. The van der Waals surface area contributed by atoms with E-state index in [1.807, 2.05) is 18.7 Å². The minimum absolute atomic E-state index is 0.0587. The van der Waals surface area contributed by atoms with E-state index in [-0.39, 0.29) is 18.3 Å². The number of hydrogen-bond donors (Lipinski definition) is 0. The van der Waals surface area contributed by atoms with Gasteiger partial charge in [0, 0.05) is 19.5 Å². The van der Waals surface area contributed by atoms with Gasteiger partial charge in [0.25, 0.3) is 0 Å². The second-order valence-electron chi connectivity index (χ2n) is 9.06. The lowest BCUT2D eigenvalue weighted by Gasteiger charge is -2.34. The van der Waals surface area contributed by atoms with Gasteiger partial charge in [0.15, 0.2) is 0 Å². The van der Waals surface area contributed by atoms with E-state index >= 15 is 0 Å². The zero-order valence-corrected chi connectivity index (χ0v) is 17.5. The molecule has 1 amide bonds. The van der Waals surface area contributed by atoms with Gasteiger partial charge in [-0.15, -0.1) is 0 Å². The van der Waals surface area contributed by atoms with Gasteiger partial charge in [-0.2, -0.15) is 0 Å². The molecule has 1 atom stereocenters. The molecule has 0 N–H and O–H groups in total. The van der Waals surface area contributed by atoms with Gasteiger partial charge in [-0.05, 0) is 88.7 Å². The molecule has 1 unspecified atom stereocenters. The van der Waals surface area contributed by atoms with E-state index in [0.29, 0.717) is 11.8 Å². The van der Waals surface area contributed by atoms with Gasteiger partial charge >= 0.3 is 6.09 Å². The van der Waals surface area contributed by atoms with Gasteiger partial charge in [-0.3, -0.25) is 0 Å². The molecule has 2 fully saturated rings. The van der Waals surface area contributed by atoms with E-state index in [9.17, 15) is 4.79 Å². The van der Waals surface area contributed by atoms with Crippen molar-refractivity contribution in [3.63, 3.8) is 0 Å². The fourth-order valence-electron chi connectivity index (χ4n) is 4.88. The number of ether oxygens (including phenoxy) is 2. The SMILES string of the molecule is CC(C)OC(=O)N1CCC(C2Cc3cc(C4CCN(C)CC4)ccc3O2)CC1. The summed E-state index contributed by atoms with van der Waals surface area (Å²) in [7, 11) is 2.21. The van der Waals surface area contributed by atoms with E-state index < -0.39 is 0 Å². The number of piperidine rings is 2. The molecule has 5 nitrogen and oxygen atoms in total. The maximum Gasteiger partial charge on any atom is 0.410 e. The van der Waals surface area contributed by atoms with E-state index in [1.54, 1.807) is 0 Å². The van der Waals surface area contributed by atoms with Crippen LogP contribution in [0.15, 0.2) is 18.2 Å². The number of fused-ring (bicyclic) bond motifs is 1. The van der Waals surface area contributed by atoms with Crippen LogP contribution in [0.2, 0.25) is 0 Å². The van der Waals surface area contributed by atoms with Crippen LogP contribution in [0, 0.1) is 5.92 Å². The Kier molecular flexibility index (Phi) is 5.81. The third-order valence-corrected chi connectivity index (χ3v) is 6.63. The predicted octanol–water partition coefficient (Wildman–Crippen LogP) is 4.06. The van der Waals surface area contributed by atoms with Crippen molar-refractivity contribution in [2.24, 2.45) is 5.92 Å². The van der Waals surface area contributed by atoms with Crippen molar-refractivity contribution in [2.45, 2.75) is 64.1 Å². The number of hydrogen-bond acceptors (Lipinski definition) is 4. The molecule has 3 aliphatic heterocycles. The first-order valence-electron chi connectivity index (χ1n) is 10.9. The molecular weight excluding hydrogens is 352 g/mol. The molecule has 154 valence electrons. The summed E-state index contributed by atoms with van der Waals surface area (Å²) in [5.74, 6) is 2.28. The van der Waals surface area contributed by atoms with Crippen LogP contribution in [0.25, 0.3) is 0 Å². The highest BCUT2D eigenvalue weighted by atomic mass is 16.6. The highest BCUT2D eigenvalue weighted by Crippen LogP contribution is 2.38. The predicted molar refractivity (Wildman–Crippen MR) is 110 cm³/mol. The lowest BCUT2D eigenvalue weighted by Crippen LogP contribution is -2.43. The summed E-state index contributed by atoms with van der Waals surface area (Å²) in [4.78, 5) is 16.4. The molecule has 0 saturated carbocycles. The molecule has 1 aromatic carbocycles. The van der Waals surface area contributed by atoms with Crippen molar-refractivity contribution in [1.82, 2.24) is 9.80 Å². The molecule has 0 aromatic heterocycles. The fraction of sp³-hybridized carbons (Fsp3) is 0.696. The molecule has 2 saturated heterocycles. The lowest BCUT2D eigenvalue weighted by molar-refractivity contribution is 0.0503. The third kappa shape index (κ3) is 4.29. The highest BCUT2D eigenvalue weighted by Gasteiger charge is 2.34. The Morgan fingerprint density at radius 2 is 1.82 bits per heavy atom. The summed E-state index contributed by atoms with van der Waals surface area (Å²) in [6.45, 7) is 7.72. The standard InChI is InChI=1S/C23H34N2O3/c1-16(2)27-23(26)25-12-8-18(9-13-25)22-15-20-14-19(4-5-21(20)28-22)17-6-10-24(3)11-7-17/h4-5,14,16-18,22H,6-13,15H2,1-3H3. The van der Waals surface area contributed by atoms with E-state index in [4.69, 9.17) is 9.47 Å². The van der Waals surface area contributed by atoms with Crippen molar-refractivity contribution in [1.29, 1.82) is 0 Å². The van der Waals surface area contributed by atoms with Crippen LogP contribution < -0.4 is 4.74 Å². The van der Waals surface area contributed by atoms with Crippen LogP contribution in [0.1, 0.15) is 56.6 Å². The van der Waals surface area contributed by atoms with Crippen LogP contribution in [0.4, 0.5) is 4.79 Å². The average molecular weight is 387 g/mol. The minimum Gasteiger partial charge on any atom is -0.490 e. The first-order chi connectivity index (χ1) is 13.5. The molecule has 0 bridgehead atoms. The van der Waals surface area contributed by atoms with E-state index in [2.05, 4.69) is 30.1 Å². The highest BCUT2D eigenvalue weighted by molar-refractivity contribution is 5.67. The first-order valence-corrected chi connectivity index (χ1v) is 10.9. The van der Waals surface area contributed by atoms with Crippen LogP contribution in [0.5, 0.6) is 5.75 Å². The maximum atomic E-state index is 12.1. The summed E-state index contributed by atoms with van der Waals surface area (Å²) in [5, 5.41) is 0. The largest absolute Gasteiger partial charge is 0.490 e. The number of nitrogens with zero attached hydrogens (tertiary/aromatic N) is 2. The molecule has 4 rings (SSSR count). The van der Waals surface area contributed by atoms with Gasteiger partial charge in [0.1, 0.15) is 11.9 Å². The number of benzene rings is 1. The Morgan fingerprint density at radius 1 is 1.11 bits per heavy atom. The van der Waals surface area contributed by atoms with Crippen LogP contribution >= 0.6 is 0 Å². The molecular formula is C23H34N2O3. The Hall–Kier alpha value is -1.75. The number of rotatable bonds is 3. The summed E-state index contributed by atoms with van der Waals surface area (Å²) in [5.41, 5.74) is 2.87. The van der Waals surface area contributed by atoms with Gasteiger partial charge in [-0.1, -0.05) is 12.1 Å². The Labute approximate surface area is 169 Å². The zero-order chi connectivity index (χ0) is 19.7. The average Bonchev–Trinajstić information content (AvgIpc) is 3.11. The molecule has 28 heavy (non-hydrogen) atoms. The number of carbonyl (C=O) groups is 1. The van der Waals surface area contributed by atoms with E-state index in [0.717, 1.165) is 38.1 Å². The monoisotopic (exact) mass is 386 g/mol. The zero-order valence-electron chi connectivity index (χ0n) is 17.5. The normalized spacial score (nSPS) is 24.3. The van der Waals surface area contributed by atoms with Crippen molar-refractivity contribution < 1.29 is 14.3 Å². The topological polar surface area (TPSA) is 42.0 Å². The van der Waals surface area contributed by atoms with Crippen molar-refractivity contribution in [3.05, 3.63) is 29.3 Å². The molecule has 0 radical (unpaired) electrons. The lowest BCUT2D eigenvalue weighted by atomic mass is 9.86. The Balaban J connectivity index is 1.32. The van der Waals surface area contributed by atoms with E-state index in [1.165, 1.54) is 37.1 Å². The molecule has 0 aliphatic carbocycles. The first kappa shape index (κ1) is 19.6. The Bertz CT molecular complexity index is 689. The fourth-order valence-corrected chi connectivity index (χ4v) is 4.88. The van der Waals surface area contributed by atoms with Crippen molar-refractivity contribution in [3.8, 4) is 5.75 Å². The third-order valence-electron chi connectivity index (χ3n) is 6.63. The summed E-state index contributed by atoms with van der Waals surface area (Å²) >= 11 is 0. The van der Waals surface area contributed by atoms with Gasteiger partial charge in [-0.25, -0.2) is 4.79 Å². The van der Waals surface area contributed by atoms with Crippen LogP contribution in [-0.4, -0.2) is 61.3 Å². The van der Waals surface area contributed by atoms with Crippen molar-refractivity contribution in [2.75, 3.05) is 33.2 Å². The molecule has 5 heteroatoms. The summed E-state index contributed by atoms with van der Waals surface area (Å²) in [6.07, 6.45) is 5.53. The number of likely N-dealkylation sites (tertiary alicyclic amines) is 2. The smallest absolute Gasteiger partial charge is 0.410 e. The van der Waals surface area contributed by atoms with Crippen LogP contribution in [-0.2, 0) is 11.2 Å². The quantitative estimate of drug-likeness (QED) is 0.786. The second-order valence-corrected chi connectivity index (χ2v) is 9.06.